The van der Waals surface area contributed by atoms with Crippen molar-refractivity contribution in [1.29, 1.82) is 0 Å². The lowest BCUT2D eigenvalue weighted by molar-refractivity contribution is 0.151. The summed E-state index contributed by atoms with van der Waals surface area (Å²) in [6.45, 7) is 2.46. The molecule has 1 N–H and O–H groups in total. The van der Waals surface area contributed by atoms with E-state index in [0.717, 1.165) is 12.0 Å². The Morgan fingerprint density at radius 3 is 2.50 bits per heavy atom. The van der Waals surface area contributed by atoms with Crippen LogP contribution >= 0.6 is 24.0 Å². The third-order valence-electron chi connectivity index (χ3n) is 4.27. The molecule has 3 rings (SSSR count). The number of nitrogens with one attached hydrogen (secondary N) is 1. The Bertz CT molecular complexity index is 282. The molecule has 16 heavy (non-hydrogen) atoms. The van der Waals surface area contributed by atoms with Crippen LogP contribution in [0.5, 0.6) is 0 Å². The fourth-order valence-electron chi connectivity index (χ4n) is 2.91. The zero-order valence-electron chi connectivity index (χ0n) is 10.0. The normalized spacial score (nSPS) is 27.6. The SMILES string of the molecule is CN=C(NC1CC1)N1CCC2(CCC2)C1.I. The van der Waals surface area contributed by atoms with Gasteiger partial charge in [-0.3, -0.25) is 4.99 Å². The van der Waals surface area contributed by atoms with Crippen LogP contribution in [0, 0.1) is 5.41 Å². The number of halogens is 1. The van der Waals surface area contributed by atoms with Crippen molar-refractivity contribution in [2.75, 3.05) is 20.1 Å². The lowest BCUT2D eigenvalue weighted by Gasteiger charge is -2.38. The average molecular weight is 335 g/mol. The second-order valence-corrected chi connectivity index (χ2v) is 5.49. The minimum atomic E-state index is 0. The Labute approximate surface area is 115 Å². The molecule has 1 saturated heterocycles. The van der Waals surface area contributed by atoms with Gasteiger partial charge in [0.05, 0.1) is 0 Å². The van der Waals surface area contributed by atoms with Crippen molar-refractivity contribution < 1.29 is 0 Å². The number of nitrogens with zero attached hydrogens (tertiary/aromatic N) is 2. The summed E-state index contributed by atoms with van der Waals surface area (Å²) in [5.74, 6) is 1.15. The molecule has 3 aliphatic rings. The maximum Gasteiger partial charge on any atom is 0.193 e. The molecule has 0 radical (unpaired) electrons. The molecule has 3 nitrogen and oxygen atoms in total. The van der Waals surface area contributed by atoms with E-state index in [1.165, 1.54) is 51.6 Å². The third kappa shape index (κ3) is 2.31. The monoisotopic (exact) mass is 335 g/mol. The molecule has 0 amide bonds. The first-order chi connectivity index (χ1) is 7.31. The molecule has 0 atom stereocenters. The van der Waals surface area contributed by atoms with Crippen molar-refractivity contribution >= 4 is 29.9 Å². The minimum absolute atomic E-state index is 0. The predicted molar refractivity (Wildman–Crippen MR) is 77.4 cm³/mol. The van der Waals surface area contributed by atoms with Gasteiger partial charge in [0, 0.05) is 26.2 Å². The molecule has 1 spiro atoms. The molecule has 92 valence electrons. The highest BCUT2D eigenvalue weighted by Crippen LogP contribution is 2.47. The highest BCUT2D eigenvalue weighted by molar-refractivity contribution is 14.0. The molecule has 2 saturated carbocycles. The number of aliphatic imine (C=N–C) groups is 1. The van der Waals surface area contributed by atoms with Crippen LogP contribution in [-0.2, 0) is 0 Å². The first kappa shape index (κ1) is 12.5. The van der Waals surface area contributed by atoms with Crippen molar-refractivity contribution in [2.45, 2.75) is 44.6 Å². The largest absolute Gasteiger partial charge is 0.354 e. The molecule has 3 fully saturated rings. The summed E-state index contributed by atoms with van der Waals surface area (Å²) in [4.78, 5) is 6.88. The van der Waals surface area contributed by atoms with Crippen molar-refractivity contribution in [3.63, 3.8) is 0 Å². The zero-order chi connectivity index (χ0) is 10.3. The van der Waals surface area contributed by atoms with Crippen LogP contribution in [0.1, 0.15) is 38.5 Å². The minimum Gasteiger partial charge on any atom is -0.354 e. The van der Waals surface area contributed by atoms with Crippen LogP contribution < -0.4 is 5.32 Å². The summed E-state index contributed by atoms with van der Waals surface area (Å²) in [6, 6.07) is 0.724. The van der Waals surface area contributed by atoms with Gasteiger partial charge in [-0.05, 0) is 37.5 Å². The van der Waals surface area contributed by atoms with Gasteiger partial charge >= 0.3 is 0 Å². The highest BCUT2D eigenvalue weighted by atomic mass is 127. The molecule has 1 heterocycles. The van der Waals surface area contributed by atoms with E-state index in [9.17, 15) is 0 Å². The quantitative estimate of drug-likeness (QED) is 0.452. The number of hydrogen-bond donors (Lipinski definition) is 1. The Hall–Kier alpha value is 0. The second kappa shape index (κ2) is 4.70. The maximum absolute atomic E-state index is 4.41. The summed E-state index contributed by atoms with van der Waals surface area (Å²) >= 11 is 0. The summed E-state index contributed by atoms with van der Waals surface area (Å²) in [5, 5.41) is 3.54. The van der Waals surface area contributed by atoms with E-state index in [4.69, 9.17) is 0 Å². The summed E-state index contributed by atoms with van der Waals surface area (Å²) < 4.78 is 0. The topological polar surface area (TPSA) is 27.6 Å². The predicted octanol–water partition coefficient (Wildman–Crippen LogP) is 2.22. The molecule has 0 aromatic carbocycles. The van der Waals surface area contributed by atoms with Gasteiger partial charge in [-0.25, -0.2) is 0 Å². The molecular formula is C12H22IN3. The number of rotatable bonds is 1. The third-order valence-corrected chi connectivity index (χ3v) is 4.27. The summed E-state index contributed by atoms with van der Waals surface area (Å²) in [5.41, 5.74) is 0.682. The van der Waals surface area contributed by atoms with Crippen molar-refractivity contribution in [2.24, 2.45) is 10.4 Å². The molecule has 0 aromatic rings. The van der Waals surface area contributed by atoms with Crippen molar-refractivity contribution in [1.82, 2.24) is 10.2 Å². The maximum atomic E-state index is 4.41. The summed E-state index contributed by atoms with van der Waals surface area (Å²) in [7, 11) is 1.91. The molecule has 0 bridgehead atoms. The van der Waals surface area contributed by atoms with E-state index in [2.05, 4.69) is 15.2 Å². The van der Waals surface area contributed by atoms with Crippen LogP contribution in [-0.4, -0.2) is 37.0 Å². The lowest BCUT2D eigenvalue weighted by atomic mass is 9.68. The van der Waals surface area contributed by atoms with Gasteiger partial charge in [0.1, 0.15) is 0 Å². The Morgan fingerprint density at radius 2 is 2.06 bits per heavy atom. The number of likely N-dealkylation sites (tertiary alicyclic amines) is 1. The molecule has 0 unspecified atom stereocenters. The van der Waals surface area contributed by atoms with Gasteiger partial charge < -0.3 is 10.2 Å². The molecule has 4 heteroatoms. The number of hydrogen-bond acceptors (Lipinski definition) is 1. The first-order valence-corrected chi connectivity index (χ1v) is 6.30. The highest BCUT2D eigenvalue weighted by Gasteiger charge is 2.43. The fraction of sp³-hybridized carbons (Fsp3) is 0.917. The first-order valence-electron chi connectivity index (χ1n) is 6.30. The van der Waals surface area contributed by atoms with E-state index in [1.54, 1.807) is 0 Å². The van der Waals surface area contributed by atoms with E-state index in [0.29, 0.717) is 5.41 Å². The molecule has 0 aromatic heterocycles. The van der Waals surface area contributed by atoms with E-state index >= 15 is 0 Å². The standard InChI is InChI=1S/C12H21N3.HI/c1-13-11(14-10-3-4-10)15-8-7-12(9-15)5-2-6-12;/h10H,2-9H2,1H3,(H,13,14);1H. The Balaban J connectivity index is 0.000000963. The van der Waals surface area contributed by atoms with Crippen LogP contribution in [0.2, 0.25) is 0 Å². The second-order valence-electron chi connectivity index (χ2n) is 5.49. The molecular weight excluding hydrogens is 313 g/mol. The molecule has 2 aliphatic carbocycles. The van der Waals surface area contributed by atoms with Gasteiger partial charge in [0.25, 0.3) is 0 Å². The average Bonchev–Trinajstić information content (AvgIpc) is 2.89. The van der Waals surface area contributed by atoms with Gasteiger partial charge in [0.15, 0.2) is 5.96 Å². The number of guanidine groups is 1. The van der Waals surface area contributed by atoms with Crippen LogP contribution in [0.4, 0.5) is 0 Å². The van der Waals surface area contributed by atoms with Gasteiger partial charge in [-0.15, -0.1) is 24.0 Å². The summed E-state index contributed by atoms with van der Waals surface area (Å²) in [6.07, 6.45) is 8.39. The van der Waals surface area contributed by atoms with Gasteiger partial charge in [-0.1, -0.05) is 6.42 Å². The lowest BCUT2D eigenvalue weighted by Crippen LogP contribution is -2.43. The van der Waals surface area contributed by atoms with E-state index in [1.807, 2.05) is 7.05 Å². The Kier molecular flexibility index (Phi) is 3.66. The van der Waals surface area contributed by atoms with Crippen molar-refractivity contribution in [3.8, 4) is 0 Å². The van der Waals surface area contributed by atoms with E-state index in [-0.39, 0.29) is 24.0 Å². The van der Waals surface area contributed by atoms with E-state index < -0.39 is 0 Å². The molecule has 1 aliphatic heterocycles. The van der Waals surface area contributed by atoms with Crippen LogP contribution in [0.25, 0.3) is 0 Å². The van der Waals surface area contributed by atoms with Gasteiger partial charge in [0.2, 0.25) is 0 Å². The van der Waals surface area contributed by atoms with Crippen molar-refractivity contribution in [3.05, 3.63) is 0 Å². The van der Waals surface area contributed by atoms with Crippen LogP contribution in [0.3, 0.4) is 0 Å². The van der Waals surface area contributed by atoms with Gasteiger partial charge in [-0.2, -0.15) is 0 Å². The smallest absolute Gasteiger partial charge is 0.193 e. The fourth-order valence-corrected chi connectivity index (χ4v) is 2.91. The van der Waals surface area contributed by atoms with Crippen LogP contribution in [0.15, 0.2) is 4.99 Å². The zero-order valence-corrected chi connectivity index (χ0v) is 12.4. The Morgan fingerprint density at radius 1 is 1.31 bits per heavy atom.